The van der Waals surface area contributed by atoms with Gasteiger partial charge >= 0.3 is 17.9 Å². The predicted octanol–water partition coefficient (Wildman–Crippen LogP) is 12.1. The SMILES string of the molecule is COC(=O)CCCC/C=C\CCCCCCCCC(CCCCCCCC/C=C\CCCCC(=O)OC)OC(=O)CC(C)(C)CC(C)(C)CN(C)C. The number of esters is 3. The molecule has 0 aromatic rings. The number of hydrogen-bond donors (Lipinski definition) is 0. The van der Waals surface area contributed by atoms with E-state index in [1.54, 1.807) is 0 Å². The summed E-state index contributed by atoms with van der Waals surface area (Å²) in [5.41, 5.74) is 0.0410. The second-order valence-electron chi connectivity index (χ2n) is 17.0. The molecule has 52 heavy (non-hydrogen) atoms. The number of allylic oxidation sites excluding steroid dienone is 4. The van der Waals surface area contributed by atoms with E-state index in [2.05, 4.69) is 80.5 Å². The quantitative estimate of drug-likeness (QED) is 0.0277. The summed E-state index contributed by atoms with van der Waals surface area (Å²) >= 11 is 0. The Labute approximate surface area is 321 Å². The van der Waals surface area contributed by atoms with Crippen molar-refractivity contribution in [3.63, 3.8) is 0 Å². The molecule has 0 radical (unpaired) electrons. The van der Waals surface area contributed by atoms with Gasteiger partial charge in [-0.25, -0.2) is 0 Å². The summed E-state index contributed by atoms with van der Waals surface area (Å²) in [6, 6.07) is 0. The van der Waals surface area contributed by atoms with E-state index in [0.29, 0.717) is 19.3 Å². The molecule has 0 saturated carbocycles. The van der Waals surface area contributed by atoms with Gasteiger partial charge < -0.3 is 19.1 Å². The molecule has 7 nitrogen and oxygen atoms in total. The zero-order chi connectivity index (χ0) is 38.9. The van der Waals surface area contributed by atoms with Gasteiger partial charge in [-0.15, -0.1) is 0 Å². The molecule has 0 aliphatic rings. The summed E-state index contributed by atoms with van der Waals surface area (Å²) in [5, 5.41) is 0. The van der Waals surface area contributed by atoms with Crippen molar-refractivity contribution >= 4 is 17.9 Å². The molecule has 0 spiro atoms. The molecular weight excluding hydrogens is 650 g/mol. The average Bonchev–Trinajstić information content (AvgIpc) is 3.06. The number of carbonyl (C=O) groups is 3. The van der Waals surface area contributed by atoms with Crippen LogP contribution in [0.4, 0.5) is 0 Å². The first-order valence-electron chi connectivity index (χ1n) is 21.1. The van der Waals surface area contributed by atoms with Crippen molar-refractivity contribution in [2.45, 2.75) is 201 Å². The van der Waals surface area contributed by atoms with Gasteiger partial charge in [-0.1, -0.05) is 103 Å². The molecule has 0 unspecified atom stereocenters. The number of carbonyl (C=O) groups excluding carboxylic acids is 3. The van der Waals surface area contributed by atoms with Crippen LogP contribution in [0.25, 0.3) is 0 Å². The third kappa shape index (κ3) is 33.7. The molecule has 0 amide bonds. The second kappa shape index (κ2) is 32.3. The first kappa shape index (κ1) is 49.9. The predicted molar refractivity (Wildman–Crippen MR) is 218 cm³/mol. The Balaban J connectivity index is 4.47. The molecule has 7 heteroatoms. The lowest BCUT2D eigenvalue weighted by Gasteiger charge is -2.36. The third-order valence-corrected chi connectivity index (χ3v) is 9.71. The lowest BCUT2D eigenvalue weighted by molar-refractivity contribution is -0.152. The van der Waals surface area contributed by atoms with Crippen LogP contribution in [0.2, 0.25) is 0 Å². The monoisotopic (exact) mass is 734 g/mol. The second-order valence-corrected chi connectivity index (χ2v) is 17.0. The molecule has 0 bridgehead atoms. The highest BCUT2D eigenvalue weighted by Crippen LogP contribution is 2.37. The van der Waals surface area contributed by atoms with E-state index in [1.165, 1.54) is 78.4 Å². The highest BCUT2D eigenvalue weighted by atomic mass is 16.5. The van der Waals surface area contributed by atoms with Gasteiger partial charge in [-0.05, 0) is 121 Å². The Kier molecular flexibility index (Phi) is 31.0. The minimum Gasteiger partial charge on any atom is -0.469 e. The van der Waals surface area contributed by atoms with Gasteiger partial charge in [0.1, 0.15) is 6.10 Å². The van der Waals surface area contributed by atoms with Crippen molar-refractivity contribution in [3.05, 3.63) is 24.3 Å². The van der Waals surface area contributed by atoms with E-state index < -0.39 is 0 Å². The summed E-state index contributed by atoms with van der Waals surface area (Å²) in [6.07, 6.45) is 36.5. The van der Waals surface area contributed by atoms with Crippen LogP contribution in [-0.4, -0.2) is 63.8 Å². The van der Waals surface area contributed by atoms with Gasteiger partial charge in [0.15, 0.2) is 0 Å². The first-order valence-corrected chi connectivity index (χ1v) is 21.1. The van der Waals surface area contributed by atoms with Crippen molar-refractivity contribution in [1.82, 2.24) is 4.90 Å². The maximum Gasteiger partial charge on any atom is 0.306 e. The van der Waals surface area contributed by atoms with Gasteiger partial charge in [-0.3, -0.25) is 14.4 Å². The Bertz CT molecular complexity index is 903. The first-order chi connectivity index (χ1) is 24.8. The molecule has 0 heterocycles. The van der Waals surface area contributed by atoms with Gasteiger partial charge in [0.2, 0.25) is 0 Å². The van der Waals surface area contributed by atoms with Crippen LogP contribution in [0.15, 0.2) is 24.3 Å². The van der Waals surface area contributed by atoms with Crippen LogP contribution in [0.5, 0.6) is 0 Å². The largest absolute Gasteiger partial charge is 0.469 e. The molecule has 0 fully saturated rings. The van der Waals surface area contributed by atoms with Gasteiger partial charge in [0.25, 0.3) is 0 Å². The van der Waals surface area contributed by atoms with E-state index in [9.17, 15) is 14.4 Å². The Hall–Kier alpha value is -2.15. The van der Waals surface area contributed by atoms with Crippen molar-refractivity contribution in [2.75, 3.05) is 34.9 Å². The maximum absolute atomic E-state index is 13.2. The van der Waals surface area contributed by atoms with Crippen LogP contribution in [0.3, 0.4) is 0 Å². The molecule has 0 N–H and O–H groups in total. The molecular formula is C45H83NO6. The standard InChI is InChI=1S/C45H83NO6/c1-44(2,38-45(3,4)39-46(5)6)37-43(49)52-40(33-29-25-21-17-13-9-11-15-19-23-27-31-35-41(47)50-7)34-30-26-22-18-14-10-12-16-20-24-28-32-36-42(48)51-8/h15-16,19-20,40H,9-14,17-18,21-39H2,1-8H3/b19-15-,20-16-. The highest BCUT2D eigenvalue weighted by molar-refractivity contribution is 5.70. The fraction of sp³-hybridized carbons (Fsp3) is 0.844. The molecule has 0 aliphatic heterocycles. The molecule has 0 atom stereocenters. The number of methoxy groups -OCH3 is 2. The van der Waals surface area contributed by atoms with Gasteiger partial charge in [0.05, 0.1) is 20.6 Å². The summed E-state index contributed by atoms with van der Waals surface area (Å²) in [4.78, 5) is 37.8. The molecule has 0 aromatic carbocycles. The molecule has 0 aliphatic carbocycles. The summed E-state index contributed by atoms with van der Waals surface area (Å²) < 4.78 is 15.6. The lowest BCUT2D eigenvalue weighted by atomic mass is 9.73. The van der Waals surface area contributed by atoms with Crippen molar-refractivity contribution in [3.8, 4) is 0 Å². The molecule has 0 saturated heterocycles. The topological polar surface area (TPSA) is 82.1 Å². The van der Waals surface area contributed by atoms with Crippen molar-refractivity contribution in [2.24, 2.45) is 10.8 Å². The normalized spacial score (nSPS) is 12.4. The summed E-state index contributed by atoms with van der Waals surface area (Å²) in [5.74, 6) is -0.254. The smallest absolute Gasteiger partial charge is 0.306 e. The zero-order valence-electron chi connectivity index (χ0n) is 35.4. The Morgan fingerprint density at radius 1 is 0.519 bits per heavy atom. The van der Waals surface area contributed by atoms with Crippen LogP contribution < -0.4 is 0 Å². The lowest BCUT2D eigenvalue weighted by Crippen LogP contribution is -2.34. The van der Waals surface area contributed by atoms with E-state index in [0.717, 1.165) is 90.0 Å². The van der Waals surface area contributed by atoms with Crippen molar-refractivity contribution in [1.29, 1.82) is 0 Å². The van der Waals surface area contributed by atoms with Crippen molar-refractivity contribution < 1.29 is 28.6 Å². The molecule has 0 rings (SSSR count). The van der Waals surface area contributed by atoms with E-state index in [1.807, 2.05) is 0 Å². The van der Waals surface area contributed by atoms with E-state index in [4.69, 9.17) is 4.74 Å². The number of hydrogen-bond acceptors (Lipinski definition) is 7. The minimum atomic E-state index is -0.115. The fourth-order valence-electron chi connectivity index (χ4n) is 7.57. The van der Waals surface area contributed by atoms with E-state index in [-0.39, 0.29) is 34.8 Å². The maximum atomic E-state index is 13.2. The molecule has 0 aromatic heterocycles. The molecule has 304 valence electrons. The van der Waals surface area contributed by atoms with Crippen LogP contribution in [0, 0.1) is 10.8 Å². The van der Waals surface area contributed by atoms with Crippen LogP contribution in [0.1, 0.15) is 195 Å². The van der Waals surface area contributed by atoms with E-state index >= 15 is 0 Å². The number of ether oxygens (including phenoxy) is 3. The van der Waals surface area contributed by atoms with Gasteiger partial charge in [-0.2, -0.15) is 0 Å². The highest BCUT2D eigenvalue weighted by Gasteiger charge is 2.32. The Morgan fingerprint density at radius 3 is 1.27 bits per heavy atom. The average molecular weight is 734 g/mol. The van der Waals surface area contributed by atoms with Gasteiger partial charge in [0, 0.05) is 19.4 Å². The zero-order valence-corrected chi connectivity index (χ0v) is 35.4. The number of nitrogens with zero attached hydrogens (tertiary/aromatic N) is 1. The minimum absolute atomic E-state index is 0.0244. The number of unbranched alkanes of at least 4 members (excludes halogenated alkanes) is 16. The Morgan fingerprint density at radius 2 is 0.885 bits per heavy atom. The fourth-order valence-corrected chi connectivity index (χ4v) is 7.57. The van der Waals surface area contributed by atoms with Crippen LogP contribution >= 0.6 is 0 Å². The third-order valence-electron chi connectivity index (χ3n) is 9.71. The van der Waals surface area contributed by atoms with Crippen LogP contribution in [-0.2, 0) is 28.6 Å². The summed E-state index contributed by atoms with van der Waals surface area (Å²) in [6.45, 7) is 10.0. The summed E-state index contributed by atoms with van der Waals surface area (Å²) in [7, 11) is 7.13. The number of rotatable bonds is 35.